The summed E-state index contributed by atoms with van der Waals surface area (Å²) in [6.45, 7) is 4.32. The van der Waals surface area contributed by atoms with Gasteiger partial charge in [-0.1, -0.05) is 0 Å². The van der Waals surface area contributed by atoms with Crippen LogP contribution in [0.1, 0.15) is 0 Å². The van der Waals surface area contributed by atoms with E-state index in [0.29, 0.717) is 13.1 Å². The Morgan fingerprint density at radius 2 is 1.56 bits per heavy atom. The lowest BCUT2D eigenvalue weighted by atomic mass is 10.3. The summed E-state index contributed by atoms with van der Waals surface area (Å²) in [6.07, 6.45) is 0. The van der Waals surface area contributed by atoms with E-state index in [1.54, 1.807) is 0 Å². The average Bonchev–Trinajstić information content (AvgIpc) is 2.19. The van der Waals surface area contributed by atoms with E-state index >= 15 is 0 Å². The standard InChI is InChI=1S/C8H18N2O5P/c11-7-5-9-1-3-10(4-2-9)6-8-15-16(12,13)14/h1-8H2,(H2,12,13,14). The van der Waals surface area contributed by atoms with Crippen molar-refractivity contribution in [1.29, 1.82) is 0 Å². The summed E-state index contributed by atoms with van der Waals surface area (Å²) in [5.41, 5.74) is 0. The largest absolute Gasteiger partial charge is 0.469 e. The predicted octanol–water partition coefficient (Wildman–Crippen LogP) is -0.856. The van der Waals surface area contributed by atoms with Crippen LogP contribution in [0.4, 0.5) is 0 Å². The minimum absolute atomic E-state index is 0.0336. The summed E-state index contributed by atoms with van der Waals surface area (Å²) >= 11 is 0. The normalized spacial score (nSPS) is 20.2. The van der Waals surface area contributed by atoms with Crippen molar-refractivity contribution in [2.75, 3.05) is 52.5 Å². The summed E-state index contributed by atoms with van der Waals surface area (Å²) in [7, 11) is -4.33. The highest BCUT2D eigenvalue weighted by Crippen LogP contribution is 2.35. The van der Waals surface area contributed by atoms with Crippen LogP contribution in [-0.4, -0.2) is 72.1 Å². The smallest absolute Gasteiger partial charge is 0.303 e. The number of phosphoric ester groups is 1. The molecule has 0 bridgehead atoms. The number of nitrogens with zero attached hydrogens (tertiary/aromatic N) is 2. The molecule has 7 nitrogen and oxygen atoms in total. The summed E-state index contributed by atoms with van der Waals surface area (Å²) in [5.74, 6) is 0. The topological polar surface area (TPSA) is 93.1 Å². The van der Waals surface area contributed by atoms with Crippen molar-refractivity contribution in [3.05, 3.63) is 0 Å². The van der Waals surface area contributed by atoms with Crippen LogP contribution in [0.5, 0.6) is 0 Å². The fraction of sp³-hybridized carbons (Fsp3) is 1.00. The van der Waals surface area contributed by atoms with Gasteiger partial charge >= 0.3 is 7.82 Å². The summed E-state index contributed by atoms with van der Waals surface area (Å²) in [6, 6.07) is 0. The number of rotatable bonds is 6. The van der Waals surface area contributed by atoms with Gasteiger partial charge in [-0.3, -0.25) is 14.3 Å². The van der Waals surface area contributed by atoms with Crippen molar-refractivity contribution in [3.8, 4) is 0 Å². The Morgan fingerprint density at radius 1 is 1.06 bits per heavy atom. The molecule has 0 saturated carbocycles. The molecule has 1 radical (unpaired) electrons. The minimum atomic E-state index is -4.33. The van der Waals surface area contributed by atoms with Crippen molar-refractivity contribution in [3.63, 3.8) is 0 Å². The van der Waals surface area contributed by atoms with Crippen molar-refractivity contribution >= 4 is 7.82 Å². The SMILES string of the molecule is [O]CCN1CCN(CCOP(=O)(O)O)CC1. The van der Waals surface area contributed by atoms with E-state index in [1.807, 2.05) is 0 Å². The maximum Gasteiger partial charge on any atom is 0.469 e. The number of phosphoric acid groups is 1. The number of hydrogen-bond acceptors (Lipinski definition) is 4. The molecule has 0 unspecified atom stereocenters. The molecule has 16 heavy (non-hydrogen) atoms. The van der Waals surface area contributed by atoms with Crippen molar-refractivity contribution in [2.24, 2.45) is 0 Å². The predicted molar refractivity (Wildman–Crippen MR) is 56.4 cm³/mol. The molecule has 1 rings (SSSR count). The number of hydrogen-bond donors (Lipinski definition) is 2. The maximum atomic E-state index is 10.4. The van der Waals surface area contributed by atoms with Gasteiger partial charge in [0.05, 0.1) is 13.2 Å². The molecule has 0 amide bonds. The third kappa shape index (κ3) is 5.91. The molecule has 0 aromatic rings. The lowest BCUT2D eigenvalue weighted by molar-refractivity contribution is 0.0813. The molecule has 95 valence electrons. The van der Waals surface area contributed by atoms with Gasteiger partial charge in [0.15, 0.2) is 0 Å². The average molecular weight is 253 g/mol. The Kier molecular flexibility index (Phi) is 5.85. The van der Waals surface area contributed by atoms with Gasteiger partial charge in [0, 0.05) is 39.3 Å². The van der Waals surface area contributed by atoms with Crippen LogP contribution in [0.15, 0.2) is 0 Å². The molecule has 8 heteroatoms. The van der Waals surface area contributed by atoms with Gasteiger partial charge in [0.1, 0.15) is 0 Å². The molecule has 1 heterocycles. The molecule has 0 spiro atoms. The molecule has 2 N–H and O–H groups in total. The Hall–Kier alpha value is -0.0100. The lowest BCUT2D eigenvalue weighted by Crippen LogP contribution is -2.47. The van der Waals surface area contributed by atoms with Crippen molar-refractivity contribution < 1.29 is 24.0 Å². The van der Waals surface area contributed by atoms with Crippen LogP contribution in [-0.2, 0) is 14.2 Å². The highest BCUT2D eigenvalue weighted by molar-refractivity contribution is 7.46. The summed E-state index contributed by atoms with van der Waals surface area (Å²) in [4.78, 5) is 21.1. The van der Waals surface area contributed by atoms with E-state index < -0.39 is 7.82 Å². The lowest BCUT2D eigenvalue weighted by Gasteiger charge is -2.33. The first-order chi connectivity index (χ1) is 7.51. The van der Waals surface area contributed by atoms with Crippen LogP contribution in [0.3, 0.4) is 0 Å². The van der Waals surface area contributed by atoms with E-state index in [2.05, 4.69) is 14.3 Å². The zero-order chi connectivity index (χ0) is 12.0. The monoisotopic (exact) mass is 253 g/mol. The van der Waals surface area contributed by atoms with Gasteiger partial charge < -0.3 is 9.79 Å². The zero-order valence-electron chi connectivity index (χ0n) is 9.12. The van der Waals surface area contributed by atoms with E-state index in [0.717, 1.165) is 26.2 Å². The molecule has 0 atom stereocenters. The van der Waals surface area contributed by atoms with Crippen LogP contribution in [0, 0.1) is 0 Å². The van der Waals surface area contributed by atoms with Crippen LogP contribution in [0.25, 0.3) is 0 Å². The Labute approximate surface area is 94.9 Å². The molecule has 1 aliphatic heterocycles. The summed E-state index contributed by atoms with van der Waals surface area (Å²) in [5, 5.41) is 10.4. The molecule has 0 aliphatic carbocycles. The van der Waals surface area contributed by atoms with E-state index in [1.165, 1.54) is 0 Å². The first kappa shape index (κ1) is 14.1. The molecule has 1 fully saturated rings. The van der Waals surface area contributed by atoms with Crippen molar-refractivity contribution in [2.45, 2.75) is 0 Å². The molecular weight excluding hydrogens is 235 g/mol. The molecular formula is C8H18N2O5P. The molecule has 0 aromatic carbocycles. The zero-order valence-corrected chi connectivity index (χ0v) is 10.0. The van der Waals surface area contributed by atoms with Crippen molar-refractivity contribution in [1.82, 2.24) is 9.80 Å². The van der Waals surface area contributed by atoms with E-state index in [9.17, 15) is 9.67 Å². The Balaban J connectivity index is 2.10. The second kappa shape index (κ2) is 6.66. The molecule has 1 aliphatic rings. The van der Waals surface area contributed by atoms with Gasteiger partial charge in [-0.25, -0.2) is 9.67 Å². The number of piperazine rings is 1. The molecule has 1 saturated heterocycles. The van der Waals surface area contributed by atoms with Gasteiger partial charge in [0.25, 0.3) is 0 Å². The fourth-order valence-corrected chi connectivity index (χ4v) is 1.97. The van der Waals surface area contributed by atoms with Crippen LogP contribution >= 0.6 is 7.82 Å². The second-order valence-corrected chi connectivity index (χ2v) is 4.95. The van der Waals surface area contributed by atoms with Gasteiger partial charge in [-0.2, -0.15) is 0 Å². The Morgan fingerprint density at radius 3 is 2.00 bits per heavy atom. The van der Waals surface area contributed by atoms with Crippen LogP contribution in [0.2, 0.25) is 0 Å². The first-order valence-corrected chi connectivity index (χ1v) is 6.77. The molecule has 0 aromatic heterocycles. The van der Waals surface area contributed by atoms with Gasteiger partial charge in [-0.05, 0) is 0 Å². The Bertz CT molecular complexity index is 239. The highest BCUT2D eigenvalue weighted by atomic mass is 31.2. The summed E-state index contributed by atoms with van der Waals surface area (Å²) < 4.78 is 14.8. The first-order valence-electron chi connectivity index (χ1n) is 5.24. The minimum Gasteiger partial charge on any atom is -0.303 e. The maximum absolute atomic E-state index is 10.4. The third-order valence-corrected chi connectivity index (χ3v) is 3.06. The van der Waals surface area contributed by atoms with Gasteiger partial charge in [-0.15, -0.1) is 0 Å². The third-order valence-electron chi connectivity index (χ3n) is 2.54. The highest BCUT2D eigenvalue weighted by Gasteiger charge is 2.18. The fourth-order valence-electron chi connectivity index (χ4n) is 1.65. The van der Waals surface area contributed by atoms with E-state index in [-0.39, 0.29) is 13.2 Å². The second-order valence-electron chi connectivity index (χ2n) is 3.71. The van der Waals surface area contributed by atoms with Crippen LogP contribution < -0.4 is 0 Å². The quantitative estimate of drug-likeness (QED) is 0.598. The van der Waals surface area contributed by atoms with E-state index in [4.69, 9.17) is 9.79 Å². The van der Waals surface area contributed by atoms with Gasteiger partial charge in [0.2, 0.25) is 0 Å².